The van der Waals surface area contributed by atoms with E-state index in [-0.39, 0.29) is 5.91 Å². The van der Waals surface area contributed by atoms with Gasteiger partial charge in [-0.05, 0) is 35.4 Å². The second kappa shape index (κ2) is 8.79. The Hall–Kier alpha value is -4.33. The van der Waals surface area contributed by atoms with Crippen LogP contribution in [0.5, 0.6) is 0 Å². The highest BCUT2D eigenvalue weighted by atomic mass is 16.2. The van der Waals surface area contributed by atoms with Crippen molar-refractivity contribution < 1.29 is 4.79 Å². The first-order valence-corrected chi connectivity index (χ1v) is 11.8. The highest BCUT2D eigenvalue weighted by Gasteiger charge is 2.25. The van der Waals surface area contributed by atoms with Crippen LogP contribution in [0, 0.1) is 6.92 Å². The molecule has 6 rings (SSSR count). The standard InChI is InChI=1S/C27H25N7O/c1-19-9-11-22(12-10-19)34-27-25(30-31-34)26(28-18-29-27)33-15-13-32(14-16-33)24(35)17-21-7-4-6-20-5-2-3-8-23(20)21/h2-12,18H,13-17H2,1H3. The van der Waals surface area contributed by atoms with Crippen molar-refractivity contribution in [1.29, 1.82) is 0 Å². The molecule has 0 N–H and O–H groups in total. The van der Waals surface area contributed by atoms with Crippen LogP contribution in [0.3, 0.4) is 0 Å². The molecule has 35 heavy (non-hydrogen) atoms. The number of hydrogen-bond acceptors (Lipinski definition) is 6. The van der Waals surface area contributed by atoms with Crippen LogP contribution in [-0.2, 0) is 11.2 Å². The molecule has 5 aromatic rings. The molecule has 1 fully saturated rings. The topological polar surface area (TPSA) is 80.0 Å². The maximum absolute atomic E-state index is 13.1. The Morgan fingerprint density at radius 2 is 1.66 bits per heavy atom. The normalized spacial score (nSPS) is 14.1. The fourth-order valence-corrected chi connectivity index (χ4v) is 4.72. The van der Waals surface area contributed by atoms with Gasteiger partial charge in [-0.15, -0.1) is 5.10 Å². The Morgan fingerprint density at radius 1 is 0.886 bits per heavy atom. The molecule has 0 radical (unpaired) electrons. The average Bonchev–Trinajstić information content (AvgIpc) is 3.34. The van der Waals surface area contributed by atoms with Gasteiger partial charge in [-0.3, -0.25) is 4.79 Å². The number of carbonyl (C=O) groups excluding carboxylic acids is 1. The van der Waals surface area contributed by atoms with Gasteiger partial charge in [-0.2, -0.15) is 4.68 Å². The molecule has 1 saturated heterocycles. The molecule has 0 atom stereocenters. The van der Waals surface area contributed by atoms with Crippen LogP contribution < -0.4 is 4.90 Å². The number of benzene rings is 3. The maximum atomic E-state index is 13.1. The van der Waals surface area contributed by atoms with Crippen molar-refractivity contribution in [2.24, 2.45) is 0 Å². The molecule has 1 aliphatic heterocycles. The molecular weight excluding hydrogens is 438 g/mol. The Morgan fingerprint density at radius 3 is 2.49 bits per heavy atom. The van der Waals surface area contributed by atoms with Crippen LogP contribution in [0.1, 0.15) is 11.1 Å². The van der Waals surface area contributed by atoms with E-state index in [4.69, 9.17) is 0 Å². The van der Waals surface area contributed by atoms with Gasteiger partial charge < -0.3 is 9.80 Å². The molecule has 0 bridgehead atoms. The third-order valence-electron chi connectivity index (χ3n) is 6.65. The smallest absolute Gasteiger partial charge is 0.227 e. The number of aromatic nitrogens is 5. The molecule has 8 heteroatoms. The van der Waals surface area contributed by atoms with Crippen LogP contribution in [0.25, 0.3) is 27.6 Å². The molecule has 8 nitrogen and oxygen atoms in total. The summed E-state index contributed by atoms with van der Waals surface area (Å²) in [5.74, 6) is 0.911. The molecule has 0 saturated carbocycles. The summed E-state index contributed by atoms with van der Waals surface area (Å²) < 4.78 is 1.74. The van der Waals surface area contributed by atoms with Gasteiger partial charge >= 0.3 is 0 Å². The number of aryl methyl sites for hydroxylation is 1. The zero-order chi connectivity index (χ0) is 23.8. The van der Waals surface area contributed by atoms with Crippen molar-refractivity contribution in [1.82, 2.24) is 29.9 Å². The van der Waals surface area contributed by atoms with E-state index >= 15 is 0 Å². The second-order valence-electron chi connectivity index (χ2n) is 8.89. The van der Waals surface area contributed by atoms with Crippen molar-refractivity contribution in [2.75, 3.05) is 31.1 Å². The highest BCUT2D eigenvalue weighted by molar-refractivity contribution is 5.90. The zero-order valence-electron chi connectivity index (χ0n) is 19.5. The van der Waals surface area contributed by atoms with Gasteiger partial charge in [0.15, 0.2) is 17.0 Å². The first kappa shape index (κ1) is 21.2. The van der Waals surface area contributed by atoms with Crippen molar-refractivity contribution in [3.63, 3.8) is 0 Å². The number of nitrogens with zero attached hydrogens (tertiary/aromatic N) is 7. The number of rotatable bonds is 4. The summed E-state index contributed by atoms with van der Waals surface area (Å²) in [6, 6.07) is 22.5. The molecule has 0 unspecified atom stereocenters. The minimum Gasteiger partial charge on any atom is -0.351 e. The van der Waals surface area contributed by atoms with Gasteiger partial charge in [0.25, 0.3) is 0 Å². The van der Waals surface area contributed by atoms with Crippen LogP contribution in [0.2, 0.25) is 0 Å². The zero-order valence-corrected chi connectivity index (χ0v) is 19.5. The fourth-order valence-electron chi connectivity index (χ4n) is 4.72. The minimum absolute atomic E-state index is 0.152. The summed E-state index contributed by atoms with van der Waals surface area (Å²) in [5, 5.41) is 11.0. The van der Waals surface area contributed by atoms with Crippen molar-refractivity contribution in [3.05, 3.63) is 84.2 Å². The van der Waals surface area contributed by atoms with E-state index < -0.39 is 0 Å². The largest absolute Gasteiger partial charge is 0.351 e. The molecule has 0 spiro atoms. The number of carbonyl (C=O) groups is 1. The van der Waals surface area contributed by atoms with Gasteiger partial charge in [0, 0.05) is 26.2 Å². The Bertz CT molecular complexity index is 1510. The van der Waals surface area contributed by atoms with Crippen LogP contribution in [-0.4, -0.2) is 61.9 Å². The summed E-state index contributed by atoms with van der Waals surface area (Å²) in [7, 11) is 0. The van der Waals surface area contributed by atoms with E-state index in [0.717, 1.165) is 27.8 Å². The van der Waals surface area contributed by atoms with E-state index in [1.807, 2.05) is 53.4 Å². The fraction of sp³-hybridized carbons (Fsp3) is 0.222. The number of piperazine rings is 1. The monoisotopic (exact) mass is 463 g/mol. The summed E-state index contributed by atoms with van der Waals surface area (Å²) in [6.07, 6.45) is 1.97. The lowest BCUT2D eigenvalue weighted by Crippen LogP contribution is -2.49. The molecule has 2 aromatic heterocycles. The van der Waals surface area contributed by atoms with E-state index in [2.05, 4.69) is 50.3 Å². The number of anilines is 1. The summed E-state index contributed by atoms with van der Waals surface area (Å²) in [6.45, 7) is 4.70. The van der Waals surface area contributed by atoms with Crippen molar-refractivity contribution in [2.45, 2.75) is 13.3 Å². The van der Waals surface area contributed by atoms with Crippen LogP contribution >= 0.6 is 0 Å². The molecule has 3 heterocycles. The number of amides is 1. The number of hydrogen-bond donors (Lipinski definition) is 0. The van der Waals surface area contributed by atoms with Crippen molar-refractivity contribution >= 4 is 33.7 Å². The molecule has 3 aromatic carbocycles. The minimum atomic E-state index is 0.152. The molecule has 1 aliphatic rings. The predicted octanol–water partition coefficient (Wildman–Crippen LogP) is 3.56. The molecule has 174 valence electrons. The molecule has 1 amide bonds. The highest BCUT2D eigenvalue weighted by Crippen LogP contribution is 2.24. The second-order valence-corrected chi connectivity index (χ2v) is 8.89. The third kappa shape index (κ3) is 3.97. The SMILES string of the molecule is Cc1ccc(-n2nnc3c(N4CCN(C(=O)Cc5cccc6ccccc56)CC4)ncnc32)cc1. The van der Waals surface area contributed by atoms with Gasteiger partial charge in [0.05, 0.1) is 12.1 Å². The van der Waals surface area contributed by atoms with Crippen molar-refractivity contribution in [3.8, 4) is 5.69 Å². The quantitative estimate of drug-likeness (QED) is 0.405. The Labute approximate surface area is 202 Å². The lowest BCUT2D eigenvalue weighted by atomic mass is 10.0. The van der Waals surface area contributed by atoms with Gasteiger partial charge in [-0.1, -0.05) is 65.4 Å². The average molecular weight is 464 g/mol. The van der Waals surface area contributed by atoms with Gasteiger partial charge in [0.1, 0.15) is 6.33 Å². The van der Waals surface area contributed by atoms with E-state index in [0.29, 0.717) is 43.8 Å². The third-order valence-corrected chi connectivity index (χ3v) is 6.65. The number of fused-ring (bicyclic) bond motifs is 2. The van der Waals surface area contributed by atoms with Crippen LogP contribution in [0.4, 0.5) is 5.82 Å². The lowest BCUT2D eigenvalue weighted by Gasteiger charge is -2.35. The van der Waals surface area contributed by atoms with Gasteiger partial charge in [-0.25, -0.2) is 9.97 Å². The van der Waals surface area contributed by atoms with E-state index in [9.17, 15) is 4.79 Å². The summed E-state index contributed by atoms with van der Waals surface area (Å²) >= 11 is 0. The summed E-state index contributed by atoms with van der Waals surface area (Å²) in [5.41, 5.74) is 4.51. The van der Waals surface area contributed by atoms with E-state index in [1.54, 1.807) is 11.0 Å². The predicted molar refractivity (Wildman–Crippen MR) is 136 cm³/mol. The molecule has 0 aliphatic carbocycles. The van der Waals surface area contributed by atoms with Crippen LogP contribution in [0.15, 0.2) is 73.1 Å². The van der Waals surface area contributed by atoms with E-state index in [1.165, 1.54) is 5.56 Å². The van der Waals surface area contributed by atoms with Gasteiger partial charge in [0.2, 0.25) is 5.91 Å². The molecular formula is C27H25N7O. The first-order valence-electron chi connectivity index (χ1n) is 11.8. The summed E-state index contributed by atoms with van der Waals surface area (Å²) in [4.78, 5) is 26.2. The lowest BCUT2D eigenvalue weighted by molar-refractivity contribution is -0.130. The Kier molecular flexibility index (Phi) is 5.33. The Balaban J connectivity index is 1.18. The first-order chi connectivity index (χ1) is 17.2. The maximum Gasteiger partial charge on any atom is 0.227 e.